The van der Waals surface area contributed by atoms with E-state index in [9.17, 15) is 10.1 Å². The molecule has 10 rings (SSSR count). The first-order valence-electron chi connectivity index (χ1n) is 18.3. The van der Waals surface area contributed by atoms with E-state index in [-0.39, 0.29) is 59.1 Å². The number of carbonyl (C=O) groups excluding carboxylic acids is 1. The summed E-state index contributed by atoms with van der Waals surface area (Å²) in [5, 5.41) is 15.5. The second-order valence-corrected chi connectivity index (χ2v) is 15.7. The molecule has 5 aromatic rings. The van der Waals surface area contributed by atoms with Gasteiger partial charge in [0.05, 0.1) is 51.6 Å². The number of rotatable bonds is 9. The monoisotopic (exact) mass is 736 g/mol. The van der Waals surface area contributed by atoms with Gasteiger partial charge in [0.25, 0.3) is 0 Å². The number of hydrogen-bond donors (Lipinski definition) is 1. The Balaban J connectivity index is 1.24. The number of halogens is 3. The maximum Gasteiger partial charge on any atom is 0.226 e. The first kappa shape index (κ1) is 33.7. The van der Waals surface area contributed by atoms with Crippen LogP contribution in [0.3, 0.4) is 0 Å². The molecule has 1 unspecified atom stereocenters. The Morgan fingerprint density at radius 2 is 2.00 bits per heavy atom. The Morgan fingerprint density at radius 3 is 2.71 bits per heavy atom. The Hall–Kier alpha value is -4.07. The summed E-state index contributed by atoms with van der Waals surface area (Å²) in [4.78, 5) is 25.5. The van der Waals surface area contributed by atoms with Gasteiger partial charge < -0.3 is 19.5 Å². The molecule has 3 aliphatic heterocycles. The van der Waals surface area contributed by atoms with Crippen molar-refractivity contribution >= 4 is 50.9 Å². The van der Waals surface area contributed by atoms with Gasteiger partial charge in [0, 0.05) is 77.4 Å². The van der Waals surface area contributed by atoms with Crippen molar-refractivity contribution in [2.24, 2.45) is 11.8 Å². The van der Waals surface area contributed by atoms with Crippen LogP contribution in [0.25, 0.3) is 32.9 Å². The van der Waals surface area contributed by atoms with Crippen molar-refractivity contribution < 1.29 is 13.9 Å². The number of pyridine rings is 2. The van der Waals surface area contributed by atoms with Crippen molar-refractivity contribution in [3.63, 3.8) is 0 Å². The smallest absolute Gasteiger partial charge is 0.226 e. The van der Waals surface area contributed by atoms with Crippen molar-refractivity contribution in [3.8, 4) is 17.2 Å². The van der Waals surface area contributed by atoms with E-state index < -0.39 is 5.82 Å². The number of carbonyl (C=O) groups is 1. The molecule has 8 nitrogen and oxygen atoms in total. The molecule has 1 amide bonds. The maximum atomic E-state index is 17.2. The van der Waals surface area contributed by atoms with Gasteiger partial charge in [0.15, 0.2) is 5.82 Å². The zero-order valence-corrected chi connectivity index (χ0v) is 30.6. The molecule has 3 aromatic heterocycles. The van der Waals surface area contributed by atoms with Gasteiger partial charge in [0.2, 0.25) is 5.91 Å². The van der Waals surface area contributed by atoms with Crippen LogP contribution in [0.1, 0.15) is 79.9 Å². The molecule has 2 saturated carbocycles. The van der Waals surface area contributed by atoms with Crippen LogP contribution in [0.5, 0.6) is 0 Å². The molecule has 5 aliphatic rings. The second kappa shape index (κ2) is 13.1. The fourth-order valence-corrected chi connectivity index (χ4v) is 9.45. The summed E-state index contributed by atoms with van der Waals surface area (Å²) in [6, 6.07) is 17.7. The zero-order chi connectivity index (χ0) is 35.8. The van der Waals surface area contributed by atoms with Crippen LogP contribution in [0.15, 0.2) is 54.7 Å². The molecule has 52 heavy (non-hydrogen) atoms. The van der Waals surface area contributed by atoms with Gasteiger partial charge in [-0.05, 0) is 81.3 Å². The lowest BCUT2D eigenvalue weighted by Gasteiger charge is -2.39. The predicted octanol–water partition coefficient (Wildman–Crippen LogP) is 8.82. The number of nitrogens with zero attached hydrogens (tertiary/aromatic N) is 5. The van der Waals surface area contributed by atoms with Gasteiger partial charge in [-0.2, -0.15) is 5.26 Å². The van der Waals surface area contributed by atoms with Crippen molar-refractivity contribution in [2.45, 2.75) is 82.7 Å². The van der Waals surface area contributed by atoms with Crippen molar-refractivity contribution in [1.29, 1.82) is 5.26 Å². The highest BCUT2D eigenvalue weighted by Crippen LogP contribution is 2.51. The number of ether oxygens (including phenoxy) is 1. The number of aryl methyl sites for hydroxylation is 2. The number of nitriles is 1. The van der Waals surface area contributed by atoms with Gasteiger partial charge in [-0.1, -0.05) is 41.4 Å². The van der Waals surface area contributed by atoms with Crippen molar-refractivity contribution in [2.75, 3.05) is 13.1 Å². The zero-order valence-electron chi connectivity index (χ0n) is 29.1. The molecule has 2 bridgehead atoms. The highest BCUT2D eigenvalue weighted by Gasteiger charge is 2.51. The van der Waals surface area contributed by atoms with E-state index in [1.807, 2.05) is 38.1 Å². The highest BCUT2D eigenvalue weighted by atomic mass is 35.5. The lowest BCUT2D eigenvalue weighted by molar-refractivity contribution is -0.134. The lowest BCUT2D eigenvalue weighted by Crippen LogP contribution is -2.41. The SMILES string of the molecule is Cc1nc2c(F)c(-c3cccc(Cl)c3Cl)c(CCC#N)cc2c2c1cc([C@H]1C[C@H](OC(C)c3ccccn3)CN1C(=O)C1CC1)n2[C@H]1[C@H]2CN[C@@H]1C2. The van der Waals surface area contributed by atoms with Crippen LogP contribution in [0, 0.1) is 35.9 Å². The van der Waals surface area contributed by atoms with Crippen molar-refractivity contribution in [3.05, 3.63) is 93.2 Å². The van der Waals surface area contributed by atoms with Crippen LogP contribution in [0.4, 0.5) is 4.39 Å². The Bertz CT molecular complexity index is 2270. The summed E-state index contributed by atoms with van der Waals surface area (Å²) in [6.07, 6.45) is 5.45. The molecule has 0 spiro atoms. The van der Waals surface area contributed by atoms with Crippen LogP contribution < -0.4 is 5.32 Å². The van der Waals surface area contributed by atoms with Gasteiger partial charge >= 0.3 is 0 Å². The number of fused-ring (bicyclic) bond motifs is 4. The third-order valence-corrected chi connectivity index (χ3v) is 12.6. The van der Waals surface area contributed by atoms with Gasteiger partial charge in [0.1, 0.15) is 5.52 Å². The van der Waals surface area contributed by atoms with E-state index >= 15 is 4.39 Å². The molecule has 11 heteroatoms. The first-order valence-corrected chi connectivity index (χ1v) is 19.1. The second-order valence-electron chi connectivity index (χ2n) is 15.0. The number of amides is 1. The minimum Gasteiger partial charge on any atom is -0.367 e. The molecular formula is C41H39Cl2FN6O2. The Kier molecular flexibility index (Phi) is 8.50. The number of hydrogen-bond acceptors (Lipinski definition) is 6. The van der Waals surface area contributed by atoms with E-state index in [2.05, 4.69) is 31.9 Å². The topological polar surface area (TPSA) is 96.1 Å². The van der Waals surface area contributed by atoms with Crippen LogP contribution in [-0.4, -0.2) is 50.6 Å². The molecule has 5 fully saturated rings. The fourth-order valence-electron chi connectivity index (χ4n) is 9.06. The molecule has 3 saturated heterocycles. The fraction of sp³-hybridized carbons (Fsp3) is 0.415. The average Bonchev–Trinajstić information content (AvgIpc) is 3.43. The number of nitrogens with one attached hydrogen (secondary N) is 1. The van der Waals surface area contributed by atoms with Crippen LogP contribution >= 0.6 is 23.2 Å². The predicted molar refractivity (Wildman–Crippen MR) is 200 cm³/mol. The molecule has 2 aromatic carbocycles. The molecule has 0 radical (unpaired) electrons. The Labute approximate surface area is 311 Å². The summed E-state index contributed by atoms with van der Waals surface area (Å²) < 4.78 is 26.3. The van der Waals surface area contributed by atoms with E-state index in [4.69, 9.17) is 32.9 Å². The summed E-state index contributed by atoms with van der Waals surface area (Å²) >= 11 is 13.1. The molecule has 1 N–H and O–H groups in total. The third kappa shape index (κ3) is 5.49. The number of aromatic nitrogens is 3. The quantitative estimate of drug-likeness (QED) is 0.163. The number of benzene rings is 2. The van der Waals surface area contributed by atoms with E-state index in [0.717, 1.165) is 48.1 Å². The molecule has 266 valence electrons. The van der Waals surface area contributed by atoms with Gasteiger partial charge in [-0.25, -0.2) is 9.37 Å². The number of likely N-dealkylation sites (tertiary alicyclic amines) is 1. The maximum absolute atomic E-state index is 17.2. The molecular weight excluding hydrogens is 698 g/mol. The standard InChI is InChI=1S/C41H39Cl2FN6O2/c1-21-28-18-34(33-17-26(20-49(33)41(51)23-11-12-23)52-22(2)31-10-3-4-14-46-31)50(39-25-16-32(39)47-19-25)40(28)29-15-24(7-6-13-45)35(37(44)38(29)48-21)27-8-5-9-30(42)36(27)43/h3-5,8-10,14-15,18,22-23,25-26,32-33,39,47H,6-7,11-12,16-17,19-20H2,1-2H3/t22?,25-,26+,32-,33-,39+/m1/s1. The molecule has 6 heterocycles. The summed E-state index contributed by atoms with van der Waals surface area (Å²) in [5.41, 5.74) is 5.27. The van der Waals surface area contributed by atoms with E-state index in [0.29, 0.717) is 58.1 Å². The largest absolute Gasteiger partial charge is 0.367 e. The average molecular weight is 738 g/mol. The third-order valence-electron chi connectivity index (χ3n) is 11.7. The summed E-state index contributed by atoms with van der Waals surface area (Å²) in [7, 11) is 0. The Morgan fingerprint density at radius 1 is 1.15 bits per heavy atom. The van der Waals surface area contributed by atoms with Crippen LogP contribution in [-0.2, 0) is 16.0 Å². The molecule has 6 atom stereocenters. The summed E-state index contributed by atoms with van der Waals surface area (Å²) in [6.45, 7) is 5.37. The first-order chi connectivity index (χ1) is 25.2. The molecule has 2 aliphatic carbocycles. The minimum atomic E-state index is -0.480. The minimum absolute atomic E-state index is 0.0478. The lowest BCUT2D eigenvalue weighted by atomic mass is 9.79. The highest BCUT2D eigenvalue weighted by molar-refractivity contribution is 6.43. The van der Waals surface area contributed by atoms with Gasteiger partial charge in [-0.15, -0.1) is 0 Å². The van der Waals surface area contributed by atoms with E-state index in [1.54, 1.807) is 24.4 Å². The van der Waals surface area contributed by atoms with Gasteiger partial charge in [-0.3, -0.25) is 9.78 Å². The van der Waals surface area contributed by atoms with Crippen LogP contribution in [0.2, 0.25) is 10.0 Å². The van der Waals surface area contributed by atoms with Crippen molar-refractivity contribution in [1.82, 2.24) is 24.8 Å². The normalized spacial score (nSPS) is 24.4. The summed E-state index contributed by atoms with van der Waals surface area (Å²) in [5.74, 6) is 0.166. The van der Waals surface area contributed by atoms with E-state index in [1.165, 1.54) is 0 Å².